The highest BCUT2D eigenvalue weighted by Crippen LogP contribution is 2.33. The molecule has 0 aliphatic heterocycles. The monoisotopic (exact) mass is 248 g/mol. The molecule has 0 bridgehead atoms. The Morgan fingerprint density at radius 3 is 2.29 bits per heavy atom. The van der Waals surface area contributed by atoms with Crippen LogP contribution < -0.4 is 0 Å². The minimum atomic E-state index is -2.07. The molecule has 0 fully saturated rings. The smallest absolute Gasteiger partial charge is 0.187 e. The van der Waals surface area contributed by atoms with Gasteiger partial charge in [0.2, 0.25) is 0 Å². The van der Waals surface area contributed by atoms with Gasteiger partial charge in [-0.15, -0.1) is 0 Å². The second-order valence-electron chi connectivity index (χ2n) is 3.72. The summed E-state index contributed by atoms with van der Waals surface area (Å²) in [7, 11) is 0. The second kappa shape index (κ2) is 4.69. The topological polar surface area (TPSA) is 57.5 Å². The number of aromatic hydroxyl groups is 1. The van der Waals surface area contributed by atoms with E-state index in [1.165, 1.54) is 0 Å². The normalized spacial score (nSPS) is 12.4. The molecule has 0 aromatic heterocycles. The molecule has 0 saturated heterocycles. The number of aryl methyl sites for hydroxylation is 1. The van der Waals surface area contributed by atoms with Gasteiger partial charge in [-0.25, -0.2) is 4.21 Å². The number of hydrogen-bond acceptors (Lipinski definition) is 2. The van der Waals surface area contributed by atoms with Crippen molar-refractivity contribution in [2.24, 2.45) is 0 Å². The molecule has 17 heavy (non-hydrogen) atoms. The van der Waals surface area contributed by atoms with Gasteiger partial charge in [-0.2, -0.15) is 0 Å². The molecule has 0 radical (unpaired) electrons. The Balaban J connectivity index is 2.72. The van der Waals surface area contributed by atoms with Crippen LogP contribution in [0.5, 0.6) is 5.75 Å². The first-order valence-electron chi connectivity index (χ1n) is 5.10. The highest BCUT2D eigenvalue weighted by molar-refractivity contribution is 7.79. The average molecular weight is 248 g/mol. The molecule has 0 aliphatic carbocycles. The van der Waals surface area contributed by atoms with Crippen molar-refractivity contribution in [2.75, 3.05) is 0 Å². The van der Waals surface area contributed by atoms with Crippen LogP contribution in [0, 0.1) is 6.92 Å². The highest BCUT2D eigenvalue weighted by Gasteiger charge is 2.14. The first-order chi connectivity index (χ1) is 8.11. The Labute approximate surface area is 102 Å². The molecular formula is C13H12O3S. The number of para-hydroxylation sites is 1. The van der Waals surface area contributed by atoms with Gasteiger partial charge < -0.3 is 9.66 Å². The van der Waals surface area contributed by atoms with Gasteiger partial charge in [-0.1, -0.05) is 36.4 Å². The van der Waals surface area contributed by atoms with Crippen LogP contribution >= 0.6 is 0 Å². The molecule has 2 N–H and O–H groups in total. The second-order valence-corrected chi connectivity index (χ2v) is 4.62. The number of hydrogen-bond donors (Lipinski definition) is 2. The van der Waals surface area contributed by atoms with Crippen LogP contribution in [0.4, 0.5) is 0 Å². The molecule has 0 aliphatic rings. The van der Waals surface area contributed by atoms with E-state index < -0.39 is 11.1 Å². The summed E-state index contributed by atoms with van der Waals surface area (Å²) in [6, 6.07) is 12.1. The summed E-state index contributed by atoms with van der Waals surface area (Å²) < 4.78 is 20.7. The fourth-order valence-electron chi connectivity index (χ4n) is 1.80. The predicted molar refractivity (Wildman–Crippen MR) is 67.3 cm³/mol. The lowest BCUT2D eigenvalue weighted by molar-refractivity contribution is 0.477. The van der Waals surface area contributed by atoms with Crippen molar-refractivity contribution in [2.45, 2.75) is 11.8 Å². The van der Waals surface area contributed by atoms with Gasteiger partial charge in [0.25, 0.3) is 0 Å². The van der Waals surface area contributed by atoms with E-state index in [4.69, 9.17) is 0 Å². The maximum Gasteiger partial charge on any atom is 0.187 e. The zero-order valence-corrected chi connectivity index (χ0v) is 10.1. The standard InChI is InChI=1S/C13H12O3S/c1-9-5-4-7-11(13(9)17(15)16)10-6-2-3-8-12(10)14/h2-8,14H,1H3,(H,15,16). The van der Waals surface area contributed by atoms with Gasteiger partial charge in [0.1, 0.15) is 5.75 Å². The molecule has 2 rings (SSSR count). The van der Waals surface area contributed by atoms with Crippen LogP contribution in [0.15, 0.2) is 47.4 Å². The van der Waals surface area contributed by atoms with Crippen molar-refractivity contribution in [3.8, 4) is 16.9 Å². The van der Waals surface area contributed by atoms with E-state index in [1.807, 2.05) is 0 Å². The number of phenols is 1. The van der Waals surface area contributed by atoms with Crippen LogP contribution in [0.3, 0.4) is 0 Å². The molecule has 1 atom stereocenters. The van der Waals surface area contributed by atoms with Crippen molar-refractivity contribution < 1.29 is 13.9 Å². The Morgan fingerprint density at radius 2 is 1.65 bits per heavy atom. The van der Waals surface area contributed by atoms with E-state index in [1.54, 1.807) is 49.4 Å². The lowest BCUT2D eigenvalue weighted by Crippen LogP contribution is -1.96. The van der Waals surface area contributed by atoms with Crippen LogP contribution in [0.2, 0.25) is 0 Å². The molecule has 1 unspecified atom stereocenters. The third-order valence-corrected chi connectivity index (χ3v) is 3.47. The summed E-state index contributed by atoms with van der Waals surface area (Å²) in [6.07, 6.45) is 0. The molecule has 0 spiro atoms. The molecule has 0 saturated carbocycles. The van der Waals surface area contributed by atoms with Crippen molar-refractivity contribution >= 4 is 11.1 Å². The van der Waals surface area contributed by atoms with Crippen LogP contribution in [0.25, 0.3) is 11.1 Å². The van der Waals surface area contributed by atoms with Gasteiger partial charge in [0.05, 0.1) is 4.90 Å². The minimum Gasteiger partial charge on any atom is -0.507 e. The Morgan fingerprint density at radius 1 is 1.00 bits per heavy atom. The van der Waals surface area contributed by atoms with Gasteiger partial charge in [-0.05, 0) is 18.6 Å². The molecule has 0 heterocycles. The quantitative estimate of drug-likeness (QED) is 0.803. The average Bonchev–Trinajstić information content (AvgIpc) is 2.28. The fraction of sp³-hybridized carbons (Fsp3) is 0.0769. The zero-order chi connectivity index (χ0) is 12.4. The third kappa shape index (κ3) is 2.23. The van der Waals surface area contributed by atoms with Crippen molar-refractivity contribution in [1.82, 2.24) is 0 Å². The number of benzene rings is 2. The van der Waals surface area contributed by atoms with Gasteiger partial charge >= 0.3 is 0 Å². The Hall–Kier alpha value is -1.65. The zero-order valence-electron chi connectivity index (χ0n) is 9.25. The summed E-state index contributed by atoms with van der Waals surface area (Å²) in [6.45, 7) is 1.77. The summed E-state index contributed by atoms with van der Waals surface area (Å²) in [4.78, 5) is 0.342. The number of rotatable bonds is 2. The summed E-state index contributed by atoms with van der Waals surface area (Å²) in [5.41, 5.74) is 1.88. The highest BCUT2D eigenvalue weighted by atomic mass is 32.2. The minimum absolute atomic E-state index is 0.102. The molecule has 2 aromatic carbocycles. The van der Waals surface area contributed by atoms with Gasteiger partial charge in [0, 0.05) is 11.1 Å². The van der Waals surface area contributed by atoms with Crippen molar-refractivity contribution in [3.05, 3.63) is 48.0 Å². The predicted octanol–water partition coefficient (Wildman–Crippen LogP) is 2.95. The summed E-state index contributed by atoms with van der Waals surface area (Å²) in [5, 5.41) is 9.78. The molecule has 0 amide bonds. The van der Waals surface area contributed by atoms with Gasteiger partial charge in [0.15, 0.2) is 11.1 Å². The van der Waals surface area contributed by atoms with Gasteiger partial charge in [-0.3, -0.25) is 0 Å². The van der Waals surface area contributed by atoms with Crippen LogP contribution in [0.1, 0.15) is 5.56 Å². The first-order valence-corrected chi connectivity index (χ1v) is 6.21. The van der Waals surface area contributed by atoms with E-state index in [0.29, 0.717) is 16.0 Å². The summed E-state index contributed by atoms with van der Waals surface area (Å²) >= 11 is -2.07. The first kappa shape index (κ1) is 11.8. The molecule has 88 valence electrons. The molecular weight excluding hydrogens is 236 g/mol. The van der Waals surface area contributed by atoms with E-state index in [-0.39, 0.29) is 5.75 Å². The molecule has 4 heteroatoms. The van der Waals surface area contributed by atoms with E-state index in [2.05, 4.69) is 0 Å². The largest absolute Gasteiger partial charge is 0.507 e. The third-order valence-electron chi connectivity index (χ3n) is 2.58. The molecule has 3 nitrogen and oxygen atoms in total. The van der Waals surface area contributed by atoms with Crippen molar-refractivity contribution in [1.29, 1.82) is 0 Å². The van der Waals surface area contributed by atoms with Crippen molar-refractivity contribution in [3.63, 3.8) is 0 Å². The van der Waals surface area contributed by atoms with E-state index >= 15 is 0 Å². The Bertz CT molecular complexity index is 579. The maximum atomic E-state index is 11.4. The molecule has 2 aromatic rings. The Kier molecular flexibility index (Phi) is 3.26. The lowest BCUT2D eigenvalue weighted by atomic mass is 10.0. The van der Waals surface area contributed by atoms with E-state index in [9.17, 15) is 13.9 Å². The lowest BCUT2D eigenvalue weighted by Gasteiger charge is -2.10. The van der Waals surface area contributed by atoms with Crippen LogP contribution in [-0.4, -0.2) is 13.9 Å². The summed E-state index contributed by atoms with van der Waals surface area (Å²) in [5.74, 6) is 0.102. The van der Waals surface area contributed by atoms with Crippen LogP contribution in [-0.2, 0) is 11.1 Å². The van der Waals surface area contributed by atoms with E-state index in [0.717, 1.165) is 5.56 Å². The fourth-order valence-corrected chi connectivity index (χ4v) is 2.51. The maximum absolute atomic E-state index is 11.4. The number of phenolic OH excluding ortho intramolecular Hbond substituents is 1. The SMILES string of the molecule is Cc1cccc(-c2ccccc2O)c1S(=O)O.